The van der Waals surface area contributed by atoms with Crippen LogP contribution in [0.25, 0.3) is 0 Å². The van der Waals surface area contributed by atoms with Crippen molar-refractivity contribution in [2.75, 3.05) is 19.0 Å². The van der Waals surface area contributed by atoms with E-state index in [4.69, 9.17) is 4.74 Å². The van der Waals surface area contributed by atoms with Crippen LogP contribution in [0.15, 0.2) is 24.3 Å². The number of hydrogen-bond acceptors (Lipinski definition) is 5. The SMILES string of the molecule is CCOC(=O)C(NC(C)=O)(Nc1ccccc1OC)C(F)(F)F. The summed E-state index contributed by atoms with van der Waals surface area (Å²) in [5.74, 6) is -2.66. The monoisotopic (exact) mass is 334 g/mol. The van der Waals surface area contributed by atoms with Crippen LogP contribution >= 0.6 is 0 Å². The number of anilines is 1. The average Bonchev–Trinajstić information content (AvgIpc) is 2.45. The normalized spacial score (nSPS) is 13.7. The molecule has 0 aliphatic rings. The van der Waals surface area contributed by atoms with Gasteiger partial charge in [0.05, 0.1) is 19.4 Å². The van der Waals surface area contributed by atoms with Crippen LogP contribution in [-0.2, 0) is 14.3 Å². The maximum absolute atomic E-state index is 13.6. The molecular weight excluding hydrogens is 317 g/mol. The summed E-state index contributed by atoms with van der Waals surface area (Å²) in [6, 6.07) is 5.68. The molecule has 0 saturated carbocycles. The van der Waals surface area contributed by atoms with Gasteiger partial charge >= 0.3 is 17.8 Å². The lowest BCUT2D eigenvalue weighted by Gasteiger charge is -2.35. The number of rotatable bonds is 6. The number of benzene rings is 1. The topological polar surface area (TPSA) is 76.7 Å². The number of hydrogen-bond donors (Lipinski definition) is 2. The van der Waals surface area contributed by atoms with Crippen LogP contribution in [0, 0.1) is 0 Å². The van der Waals surface area contributed by atoms with Gasteiger partial charge in [-0.3, -0.25) is 4.79 Å². The highest BCUT2D eigenvalue weighted by molar-refractivity contribution is 5.91. The Morgan fingerprint density at radius 2 is 1.83 bits per heavy atom. The number of esters is 1. The molecule has 1 aromatic carbocycles. The first-order valence-electron chi connectivity index (χ1n) is 6.61. The van der Waals surface area contributed by atoms with E-state index in [1.165, 1.54) is 32.2 Å². The van der Waals surface area contributed by atoms with Crippen LogP contribution in [0.5, 0.6) is 5.75 Å². The molecule has 0 heterocycles. The molecule has 1 unspecified atom stereocenters. The lowest BCUT2D eigenvalue weighted by molar-refractivity contribution is -0.207. The van der Waals surface area contributed by atoms with Crippen LogP contribution in [0.2, 0.25) is 0 Å². The second-order valence-electron chi connectivity index (χ2n) is 4.47. The van der Waals surface area contributed by atoms with Crippen molar-refractivity contribution in [1.82, 2.24) is 5.32 Å². The van der Waals surface area contributed by atoms with Gasteiger partial charge < -0.3 is 20.1 Å². The first-order valence-corrected chi connectivity index (χ1v) is 6.61. The average molecular weight is 334 g/mol. The molecule has 0 fully saturated rings. The minimum Gasteiger partial charge on any atom is -0.495 e. The van der Waals surface area contributed by atoms with Gasteiger partial charge in [-0.15, -0.1) is 0 Å². The van der Waals surface area contributed by atoms with Gasteiger partial charge in [-0.2, -0.15) is 13.2 Å². The fourth-order valence-electron chi connectivity index (χ4n) is 1.84. The van der Waals surface area contributed by atoms with E-state index >= 15 is 0 Å². The molecule has 0 aromatic heterocycles. The fraction of sp³-hybridized carbons (Fsp3) is 0.429. The Morgan fingerprint density at radius 1 is 1.22 bits per heavy atom. The summed E-state index contributed by atoms with van der Waals surface area (Å²) < 4.78 is 50.3. The Balaban J connectivity index is 3.42. The number of ether oxygens (including phenoxy) is 2. The highest BCUT2D eigenvalue weighted by Crippen LogP contribution is 2.35. The number of nitrogens with one attached hydrogen (secondary N) is 2. The molecule has 1 atom stereocenters. The van der Waals surface area contributed by atoms with E-state index in [1.807, 2.05) is 5.32 Å². The van der Waals surface area contributed by atoms with Crippen molar-refractivity contribution >= 4 is 17.6 Å². The van der Waals surface area contributed by atoms with Gasteiger partial charge in [-0.1, -0.05) is 12.1 Å². The van der Waals surface area contributed by atoms with Gasteiger partial charge in [0, 0.05) is 6.92 Å². The smallest absolute Gasteiger partial charge is 0.441 e. The van der Waals surface area contributed by atoms with E-state index < -0.39 is 23.7 Å². The van der Waals surface area contributed by atoms with Crippen molar-refractivity contribution in [2.24, 2.45) is 0 Å². The largest absolute Gasteiger partial charge is 0.495 e. The van der Waals surface area contributed by atoms with Crippen molar-refractivity contribution in [1.29, 1.82) is 0 Å². The molecule has 9 heteroatoms. The van der Waals surface area contributed by atoms with E-state index in [9.17, 15) is 22.8 Å². The van der Waals surface area contributed by atoms with Crippen LogP contribution in [-0.4, -0.2) is 37.4 Å². The van der Waals surface area contributed by atoms with Gasteiger partial charge in [0.2, 0.25) is 5.91 Å². The molecule has 1 amide bonds. The number of methoxy groups -OCH3 is 1. The zero-order valence-corrected chi connectivity index (χ0v) is 12.8. The predicted octanol–water partition coefficient (Wildman–Crippen LogP) is 2.06. The van der Waals surface area contributed by atoms with Gasteiger partial charge in [-0.05, 0) is 19.1 Å². The summed E-state index contributed by atoms with van der Waals surface area (Å²) in [5.41, 5.74) is -3.56. The molecule has 1 rings (SSSR count). The third-order valence-corrected chi connectivity index (χ3v) is 2.80. The van der Waals surface area contributed by atoms with Crippen molar-refractivity contribution in [3.05, 3.63) is 24.3 Å². The van der Waals surface area contributed by atoms with Crippen molar-refractivity contribution in [3.8, 4) is 5.75 Å². The van der Waals surface area contributed by atoms with E-state index in [0.29, 0.717) is 0 Å². The Hall–Kier alpha value is -2.45. The molecule has 0 aliphatic heterocycles. The Bertz CT molecular complexity index is 577. The summed E-state index contributed by atoms with van der Waals surface area (Å²) >= 11 is 0. The minimum absolute atomic E-state index is 0.0655. The highest BCUT2D eigenvalue weighted by atomic mass is 19.4. The van der Waals surface area contributed by atoms with E-state index in [0.717, 1.165) is 6.92 Å². The van der Waals surface area contributed by atoms with E-state index in [2.05, 4.69) is 4.74 Å². The minimum atomic E-state index is -5.16. The number of para-hydroxylation sites is 2. The number of alkyl halides is 3. The lowest BCUT2D eigenvalue weighted by atomic mass is 10.1. The summed E-state index contributed by atoms with van der Waals surface area (Å²) in [5, 5.41) is 3.62. The molecule has 0 radical (unpaired) electrons. The van der Waals surface area contributed by atoms with Crippen molar-refractivity contribution in [2.45, 2.75) is 25.7 Å². The van der Waals surface area contributed by atoms with E-state index in [-0.39, 0.29) is 18.0 Å². The van der Waals surface area contributed by atoms with Gasteiger partial charge in [-0.25, -0.2) is 4.79 Å². The quantitative estimate of drug-likeness (QED) is 0.615. The second-order valence-corrected chi connectivity index (χ2v) is 4.47. The Labute approximate surface area is 130 Å². The number of carbonyl (C=O) groups excluding carboxylic acids is 2. The molecule has 0 spiro atoms. The molecule has 0 aliphatic carbocycles. The molecule has 6 nitrogen and oxygen atoms in total. The Kier molecular flexibility index (Phi) is 5.83. The molecule has 2 N–H and O–H groups in total. The number of carbonyl (C=O) groups is 2. The predicted molar refractivity (Wildman–Crippen MR) is 75.9 cm³/mol. The zero-order chi connectivity index (χ0) is 17.7. The number of amides is 1. The summed E-state index contributed by atoms with van der Waals surface area (Å²) in [7, 11) is 1.26. The zero-order valence-electron chi connectivity index (χ0n) is 12.8. The number of halogens is 3. The highest BCUT2D eigenvalue weighted by Gasteiger charge is 2.63. The third kappa shape index (κ3) is 4.05. The van der Waals surface area contributed by atoms with Crippen molar-refractivity contribution in [3.63, 3.8) is 0 Å². The first kappa shape index (κ1) is 18.6. The molecule has 0 bridgehead atoms. The molecule has 23 heavy (non-hydrogen) atoms. The summed E-state index contributed by atoms with van der Waals surface area (Å²) in [6.07, 6.45) is -5.16. The van der Waals surface area contributed by atoms with Gasteiger partial charge in [0.1, 0.15) is 5.75 Å². The summed E-state index contributed by atoms with van der Waals surface area (Å²) in [4.78, 5) is 23.3. The van der Waals surface area contributed by atoms with Crippen LogP contribution in [0.4, 0.5) is 18.9 Å². The molecular formula is C14H17F3N2O4. The maximum Gasteiger partial charge on any atom is 0.441 e. The second kappa shape index (κ2) is 7.21. The molecule has 128 valence electrons. The van der Waals surface area contributed by atoms with Crippen molar-refractivity contribution < 1.29 is 32.2 Å². The Morgan fingerprint density at radius 3 is 2.30 bits per heavy atom. The molecule has 1 aromatic rings. The maximum atomic E-state index is 13.6. The third-order valence-electron chi connectivity index (χ3n) is 2.80. The van der Waals surface area contributed by atoms with E-state index in [1.54, 1.807) is 11.4 Å². The summed E-state index contributed by atoms with van der Waals surface area (Å²) in [6.45, 7) is 1.93. The van der Waals surface area contributed by atoms with Crippen LogP contribution < -0.4 is 15.4 Å². The standard InChI is InChI=1S/C14H17F3N2O4/c1-4-23-12(21)13(14(15,16)17,18-9(2)20)19-10-7-5-6-8-11(10)22-3/h5-8,19H,4H2,1-3H3,(H,18,20). The van der Waals surface area contributed by atoms with Crippen LogP contribution in [0.3, 0.4) is 0 Å². The first-order chi connectivity index (χ1) is 10.7. The van der Waals surface area contributed by atoms with Gasteiger partial charge in [0.25, 0.3) is 0 Å². The van der Waals surface area contributed by atoms with Crippen LogP contribution in [0.1, 0.15) is 13.8 Å². The lowest BCUT2D eigenvalue weighted by Crippen LogP contribution is -2.69. The van der Waals surface area contributed by atoms with Gasteiger partial charge in [0.15, 0.2) is 0 Å². The fourth-order valence-corrected chi connectivity index (χ4v) is 1.84. The molecule has 0 saturated heterocycles.